The zero-order valence-corrected chi connectivity index (χ0v) is 13.3. The summed E-state index contributed by atoms with van der Waals surface area (Å²) in [5.41, 5.74) is -0.331. The smallest absolute Gasteiger partial charge is 0.385 e. The highest BCUT2D eigenvalue weighted by Gasteiger charge is 2.36. The summed E-state index contributed by atoms with van der Waals surface area (Å²) in [4.78, 5) is 0. The van der Waals surface area contributed by atoms with Gasteiger partial charge >= 0.3 is 6.18 Å². The molecule has 1 N–H and O–H groups in total. The summed E-state index contributed by atoms with van der Waals surface area (Å²) >= 11 is 3.10. The summed E-state index contributed by atoms with van der Waals surface area (Å²) in [5.74, 6) is 0.0298. The van der Waals surface area contributed by atoms with Crippen LogP contribution in [0.15, 0.2) is 22.7 Å². The first kappa shape index (κ1) is 17.5. The summed E-state index contributed by atoms with van der Waals surface area (Å²) in [5, 5.41) is 2.99. The predicted octanol–water partition coefficient (Wildman–Crippen LogP) is 4.40. The van der Waals surface area contributed by atoms with Crippen LogP contribution in [0.4, 0.5) is 13.2 Å². The van der Waals surface area contributed by atoms with Gasteiger partial charge in [0.2, 0.25) is 0 Å². The van der Waals surface area contributed by atoms with Gasteiger partial charge in [-0.2, -0.15) is 13.2 Å². The minimum atomic E-state index is -4.37. The molecule has 1 aromatic rings. The Kier molecular flexibility index (Phi) is 6.48. The van der Waals surface area contributed by atoms with Crippen molar-refractivity contribution in [3.8, 4) is 0 Å². The van der Waals surface area contributed by atoms with Gasteiger partial charge in [-0.15, -0.1) is 0 Å². The maximum atomic E-state index is 13.2. The Bertz CT molecular complexity index is 437. The van der Waals surface area contributed by atoms with E-state index >= 15 is 0 Å². The average Bonchev–Trinajstić information content (AvgIpc) is 2.37. The molecule has 1 aromatic carbocycles. The largest absolute Gasteiger partial charge is 0.416 e. The van der Waals surface area contributed by atoms with Crippen LogP contribution < -0.4 is 5.32 Å². The fourth-order valence-corrected chi connectivity index (χ4v) is 2.62. The molecule has 0 aliphatic rings. The SMILES string of the molecule is CNC(c1ccc(Br)cc1C(F)(F)F)C(C)CCOC. The molecule has 6 heteroatoms. The third-order valence-electron chi connectivity index (χ3n) is 3.31. The Morgan fingerprint density at radius 3 is 2.50 bits per heavy atom. The minimum absolute atomic E-state index is 0.0298. The molecule has 0 heterocycles. The van der Waals surface area contributed by atoms with Gasteiger partial charge in [0.1, 0.15) is 0 Å². The lowest BCUT2D eigenvalue weighted by molar-refractivity contribution is -0.138. The summed E-state index contributed by atoms with van der Waals surface area (Å²) in [6.07, 6.45) is -3.68. The maximum absolute atomic E-state index is 13.2. The Morgan fingerprint density at radius 1 is 1.35 bits per heavy atom. The van der Waals surface area contributed by atoms with Crippen molar-refractivity contribution in [2.24, 2.45) is 5.92 Å². The van der Waals surface area contributed by atoms with Crippen LogP contribution in [-0.2, 0) is 10.9 Å². The van der Waals surface area contributed by atoms with Gasteiger partial charge < -0.3 is 10.1 Å². The van der Waals surface area contributed by atoms with E-state index in [0.29, 0.717) is 17.5 Å². The van der Waals surface area contributed by atoms with Gasteiger partial charge in [0.05, 0.1) is 5.56 Å². The van der Waals surface area contributed by atoms with E-state index in [1.807, 2.05) is 6.92 Å². The number of halogens is 4. The second kappa shape index (κ2) is 7.43. The predicted molar refractivity (Wildman–Crippen MR) is 76.6 cm³/mol. The van der Waals surface area contributed by atoms with Crippen molar-refractivity contribution in [2.75, 3.05) is 20.8 Å². The first-order valence-electron chi connectivity index (χ1n) is 6.34. The van der Waals surface area contributed by atoms with Gasteiger partial charge in [-0.3, -0.25) is 0 Å². The summed E-state index contributed by atoms with van der Waals surface area (Å²) in [6.45, 7) is 2.44. The second-order valence-corrected chi connectivity index (χ2v) is 5.67. The highest BCUT2D eigenvalue weighted by molar-refractivity contribution is 9.10. The highest BCUT2D eigenvalue weighted by atomic mass is 79.9. The van der Waals surface area contributed by atoms with E-state index in [0.717, 1.165) is 6.07 Å². The molecule has 114 valence electrons. The quantitative estimate of drug-likeness (QED) is 0.818. The molecule has 0 amide bonds. The number of ether oxygens (including phenoxy) is 1. The van der Waals surface area contributed by atoms with E-state index in [4.69, 9.17) is 4.74 Å². The van der Waals surface area contributed by atoms with Crippen LogP contribution in [0.25, 0.3) is 0 Å². The van der Waals surface area contributed by atoms with Crippen LogP contribution in [-0.4, -0.2) is 20.8 Å². The molecule has 20 heavy (non-hydrogen) atoms. The van der Waals surface area contributed by atoms with Crippen molar-refractivity contribution >= 4 is 15.9 Å². The molecule has 2 atom stereocenters. The lowest BCUT2D eigenvalue weighted by Gasteiger charge is -2.27. The second-order valence-electron chi connectivity index (χ2n) is 4.75. The third-order valence-corrected chi connectivity index (χ3v) is 3.81. The van der Waals surface area contributed by atoms with Gasteiger partial charge in [0.25, 0.3) is 0 Å². The molecular weight excluding hydrogens is 335 g/mol. The lowest BCUT2D eigenvalue weighted by atomic mass is 9.89. The number of benzene rings is 1. The number of nitrogens with one attached hydrogen (secondary N) is 1. The Labute approximate surface area is 125 Å². The average molecular weight is 354 g/mol. The molecule has 0 saturated heterocycles. The number of hydrogen-bond acceptors (Lipinski definition) is 2. The Morgan fingerprint density at radius 2 is 2.00 bits per heavy atom. The van der Waals surface area contributed by atoms with Crippen LogP contribution in [0.3, 0.4) is 0 Å². The Balaban J connectivity index is 3.15. The highest BCUT2D eigenvalue weighted by Crippen LogP contribution is 2.38. The van der Waals surface area contributed by atoms with E-state index < -0.39 is 11.7 Å². The van der Waals surface area contributed by atoms with Crippen molar-refractivity contribution in [3.05, 3.63) is 33.8 Å². The standard InChI is InChI=1S/C14H19BrF3NO/c1-9(6-7-20-3)13(19-2)11-5-4-10(15)8-12(11)14(16,17)18/h4-5,8-9,13,19H,6-7H2,1-3H3. The van der Waals surface area contributed by atoms with E-state index in [2.05, 4.69) is 21.2 Å². The topological polar surface area (TPSA) is 21.3 Å². The number of methoxy groups -OCH3 is 1. The molecule has 0 radical (unpaired) electrons. The van der Waals surface area contributed by atoms with Gasteiger partial charge in [-0.1, -0.05) is 28.9 Å². The van der Waals surface area contributed by atoms with E-state index in [-0.39, 0.29) is 17.5 Å². The first-order valence-corrected chi connectivity index (χ1v) is 7.13. The molecule has 0 aromatic heterocycles. The molecule has 0 bridgehead atoms. The number of hydrogen-bond donors (Lipinski definition) is 1. The fraction of sp³-hybridized carbons (Fsp3) is 0.571. The summed E-state index contributed by atoms with van der Waals surface area (Å²) in [7, 11) is 3.26. The monoisotopic (exact) mass is 353 g/mol. The molecule has 0 aliphatic carbocycles. The number of alkyl halides is 3. The van der Waals surface area contributed by atoms with Crippen LogP contribution >= 0.6 is 15.9 Å². The number of rotatable bonds is 6. The fourth-order valence-electron chi connectivity index (χ4n) is 2.26. The van der Waals surface area contributed by atoms with Crippen molar-refractivity contribution in [3.63, 3.8) is 0 Å². The molecular formula is C14H19BrF3NO. The summed E-state index contributed by atoms with van der Waals surface area (Å²) < 4.78 is 44.9. The lowest BCUT2D eigenvalue weighted by Crippen LogP contribution is -2.27. The maximum Gasteiger partial charge on any atom is 0.416 e. The van der Waals surface area contributed by atoms with Gasteiger partial charge in [0.15, 0.2) is 0 Å². The molecule has 2 unspecified atom stereocenters. The zero-order chi connectivity index (χ0) is 15.3. The van der Waals surface area contributed by atoms with Crippen LogP contribution in [0.5, 0.6) is 0 Å². The zero-order valence-electron chi connectivity index (χ0n) is 11.7. The molecule has 0 aliphatic heterocycles. The third kappa shape index (κ3) is 4.46. The summed E-state index contributed by atoms with van der Waals surface area (Å²) in [6, 6.07) is 3.92. The van der Waals surface area contributed by atoms with Crippen LogP contribution in [0, 0.1) is 5.92 Å². The minimum Gasteiger partial charge on any atom is -0.385 e. The molecule has 1 rings (SSSR count). The van der Waals surface area contributed by atoms with Crippen LogP contribution in [0.1, 0.15) is 30.5 Å². The van der Waals surface area contributed by atoms with Gasteiger partial charge in [0, 0.05) is 24.2 Å². The van der Waals surface area contributed by atoms with Crippen molar-refractivity contribution in [2.45, 2.75) is 25.6 Å². The van der Waals surface area contributed by atoms with Gasteiger partial charge in [-0.25, -0.2) is 0 Å². The molecule has 0 spiro atoms. The van der Waals surface area contributed by atoms with Crippen molar-refractivity contribution in [1.29, 1.82) is 0 Å². The normalized spacial score (nSPS) is 15.2. The van der Waals surface area contributed by atoms with Crippen LogP contribution in [0.2, 0.25) is 0 Å². The van der Waals surface area contributed by atoms with Gasteiger partial charge in [-0.05, 0) is 37.1 Å². The molecule has 0 saturated carbocycles. The first-order chi connectivity index (χ1) is 9.31. The van der Waals surface area contributed by atoms with Crippen molar-refractivity contribution < 1.29 is 17.9 Å². The molecule has 0 fully saturated rings. The van der Waals surface area contributed by atoms with E-state index in [9.17, 15) is 13.2 Å². The van der Waals surface area contributed by atoms with Crippen molar-refractivity contribution in [1.82, 2.24) is 5.32 Å². The Hall–Kier alpha value is -0.590. The van der Waals surface area contributed by atoms with E-state index in [1.165, 1.54) is 6.07 Å². The van der Waals surface area contributed by atoms with E-state index in [1.54, 1.807) is 20.2 Å². The molecule has 2 nitrogen and oxygen atoms in total.